The van der Waals surface area contributed by atoms with Crippen LogP contribution in [0.25, 0.3) is 22.3 Å². The van der Waals surface area contributed by atoms with E-state index < -0.39 is 40.5 Å². The molecule has 0 aliphatic carbocycles. The Morgan fingerprint density at radius 2 is 1.87 bits per heavy atom. The van der Waals surface area contributed by atoms with Gasteiger partial charge in [-0.3, -0.25) is 0 Å². The number of nitriles is 1. The molecule has 6 rings (SSSR count). The molecule has 0 bridgehead atoms. The van der Waals surface area contributed by atoms with Gasteiger partial charge in [0.1, 0.15) is 52.9 Å². The van der Waals surface area contributed by atoms with Crippen molar-refractivity contribution in [2.45, 2.75) is 39.0 Å². The van der Waals surface area contributed by atoms with Crippen molar-refractivity contribution in [3.05, 3.63) is 106 Å². The number of carbonyl (C=O) groups is 1. The predicted octanol–water partition coefficient (Wildman–Crippen LogP) is 6.06. The summed E-state index contributed by atoms with van der Waals surface area (Å²) in [5.41, 5.74) is 0.0779. The van der Waals surface area contributed by atoms with E-state index in [0.717, 1.165) is 30.7 Å². The standard InChI is InChI=1S/C33H25F4N5O4/c1-2-44-33(43)20-10-27(37)32-28(11-20)42(16-22-7-8-45-22)29(40-32)12-19-9-26(36)23(13-25(19)35)31-24(34)5-6-30(41-31)46-17-18-3-4-21(14-38)39-15-18/h3-6,9-11,13,15,22H,2,7-8,12,16-17H2,1H3/t22-/m0/s1. The van der Waals surface area contributed by atoms with Gasteiger partial charge in [-0.2, -0.15) is 5.26 Å². The number of nitrogens with zero attached hydrogens (tertiary/aromatic N) is 5. The summed E-state index contributed by atoms with van der Waals surface area (Å²) < 4.78 is 78.8. The molecule has 0 spiro atoms. The highest BCUT2D eigenvalue weighted by Crippen LogP contribution is 2.31. The van der Waals surface area contributed by atoms with Crippen molar-refractivity contribution < 1.29 is 36.6 Å². The number of imidazole rings is 1. The Balaban J connectivity index is 1.30. The molecule has 234 valence electrons. The second kappa shape index (κ2) is 12.9. The number of esters is 1. The van der Waals surface area contributed by atoms with Gasteiger partial charge < -0.3 is 18.8 Å². The Morgan fingerprint density at radius 3 is 2.57 bits per heavy atom. The summed E-state index contributed by atoms with van der Waals surface area (Å²) in [4.78, 5) is 24.7. The highest BCUT2D eigenvalue weighted by Gasteiger charge is 2.25. The van der Waals surface area contributed by atoms with E-state index in [1.54, 1.807) is 17.6 Å². The fraction of sp³-hybridized carbons (Fsp3) is 0.242. The van der Waals surface area contributed by atoms with Gasteiger partial charge in [-0.1, -0.05) is 6.07 Å². The largest absolute Gasteiger partial charge is 0.473 e. The van der Waals surface area contributed by atoms with Crippen LogP contribution in [0.15, 0.2) is 54.7 Å². The molecule has 1 atom stereocenters. The van der Waals surface area contributed by atoms with Crippen molar-refractivity contribution in [3.8, 4) is 23.2 Å². The molecule has 46 heavy (non-hydrogen) atoms. The lowest BCUT2D eigenvalue weighted by molar-refractivity contribution is -0.0589. The van der Waals surface area contributed by atoms with Gasteiger partial charge in [0.05, 0.1) is 30.3 Å². The SMILES string of the molecule is CCOC(=O)c1cc(F)c2nc(Cc3cc(F)c(-c4nc(OCc5ccc(C#N)nc5)ccc4F)cc3F)n(C[C@@H]3CCO3)c2c1. The minimum Gasteiger partial charge on any atom is -0.473 e. The summed E-state index contributed by atoms with van der Waals surface area (Å²) in [6, 6.07) is 11.6. The first kappa shape index (κ1) is 30.7. The Morgan fingerprint density at radius 1 is 1.04 bits per heavy atom. The van der Waals surface area contributed by atoms with Gasteiger partial charge in [-0.25, -0.2) is 37.3 Å². The zero-order chi connectivity index (χ0) is 32.4. The molecule has 2 aromatic carbocycles. The molecule has 1 aliphatic rings. The number of fused-ring (bicyclic) bond motifs is 1. The van der Waals surface area contributed by atoms with Crippen LogP contribution in [0.4, 0.5) is 17.6 Å². The topological polar surface area (TPSA) is 112 Å². The quantitative estimate of drug-likeness (QED) is 0.135. The van der Waals surface area contributed by atoms with Crippen molar-refractivity contribution in [1.82, 2.24) is 19.5 Å². The third-order valence-corrected chi connectivity index (χ3v) is 7.46. The average Bonchev–Trinajstić information content (AvgIpc) is 3.37. The van der Waals surface area contributed by atoms with Crippen LogP contribution in [-0.2, 0) is 29.0 Å². The van der Waals surface area contributed by atoms with Gasteiger partial charge in [0.15, 0.2) is 5.82 Å². The van der Waals surface area contributed by atoms with Crippen LogP contribution in [0.3, 0.4) is 0 Å². The number of aromatic nitrogens is 4. The van der Waals surface area contributed by atoms with Crippen LogP contribution in [-0.4, -0.2) is 44.8 Å². The predicted molar refractivity (Wildman–Crippen MR) is 156 cm³/mol. The third kappa shape index (κ3) is 6.25. The minimum absolute atomic E-state index is 0.00929. The molecule has 1 aliphatic heterocycles. The number of benzene rings is 2. The van der Waals surface area contributed by atoms with Crippen LogP contribution < -0.4 is 4.74 Å². The lowest BCUT2D eigenvalue weighted by atomic mass is 10.0. The molecular formula is C33H25F4N5O4. The molecule has 0 N–H and O–H groups in total. The number of carbonyl (C=O) groups excluding carboxylic acids is 1. The van der Waals surface area contributed by atoms with E-state index in [-0.39, 0.29) is 71.8 Å². The summed E-state index contributed by atoms with van der Waals surface area (Å²) in [5.74, 6) is -4.00. The molecule has 0 amide bonds. The second-order valence-electron chi connectivity index (χ2n) is 10.5. The smallest absolute Gasteiger partial charge is 0.338 e. The lowest BCUT2D eigenvalue weighted by Crippen LogP contribution is -2.31. The van der Waals surface area contributed by atoms with E-state index in [4.69, 9.17) is 19.5 Å². The maximum absolute atomic E-state index is 15.6. The van der Waals surface area contributed by atoms with Gasteiger partial charge in [0.2, 0.25) is 5.88 Å². The Labute approximate surface area is 260 Å². The molecule has 0 unspecified atom stereocenters. The van der Waals surface area contributed by atoms with Gasteiger partial charge in [0.25, 0.3) is 0 Å². The molecule has 13 heteroatoms. The van der Waals surface area contributed by atoms with Crippen molar-refractivity contribution in [2.24, 2.45) is 0 Å². The van der Waals surface area contributed by atoms with Gasteiger partial charge in [-0.05, 0) is 55.3 Å². The van der Waals surface area contributed by atoms with Gasteiger partial charge in [0, 0.05) is 36.4 Å². The summed E-state index contributed by atoms with van der Waals surface area (Å²) in [7, 11) is 0. The van der Waals surface area contributed by atoms with Crippen LogP contribution in [0.5, 0.6) is 5.88 Å². The van der Waals surface area contributed by atoms with Crippen LogP contribution in [0.2, 0.25) is 0 Å². The van der Waals surface area contributed by atoms with E-state index in [1.807, 2.05) is 6.07 Å². The molecule has 3 aromatic heterocycles. The number of pyridine rings is 2. The normalized spacial score (nSPS) is 14.1. The number of hydrogen-bond acceptors (Lipinski definition) is 8. The average molecular weight is 632 g/mol. The molecule has 1 saturated heterocycles. The molecule has 0 saturated carbocycles. The van der Waals surface area contributed by atoms with Crippen molar-refractivity contribution in [1.29, 1.82) is 5.26 Å². The Kier molecular flexibility index (Phi) is 8.63. The highest BCUT2D eigenvalue weighted by atomic mass is 19.1. The lowest BCUT2D eigenvalue weighted by Gasteiger charge is -2.27. The third-order valence-electron chi connectivity index (χ3n) is 7.46. The Bertz CT molecular complexity index is 1990. The maximum atomic E-state index is 15.6. The van der Waals surface area contributed by atoms with E-state index in [2.05, 4.69) is 15.0 Å². The summed E-state index contributed by atoms with van der Waals surface area (Å²) >= 11 is 0. The van der Waals surface area contributed by atoms with Crippen LogP contribution in [0.1, 0.15) is 46.3 Å². The summed E-state index contributed by atoms with van der Waals surface area (Å²) in [5, 5.41) is 8.89. The van der Waals surface area contributed by atoms with E-state index >= 15 is 13.2 Å². The number of halogens is 4. The Hall–Kier alpha value is -5.35. The highest BCUT2D eigenvalue weighted by molar-refractivity contribution is 5.94. The van der Waals surface area contributed by atoms with Crippen LogP contribution >= 0.6 is 0 Å². The maximum Gasteiger partial charge on any atom is 0.338 e. The zero-order valence-electron chi connectivity index (χ0n) is 24.4. The van der Waals surface area contributed by atoms with E-state index in [9.17, 15) is 9.18 Å². The molecular weight excluding hydrogens is 606 g/mol. The van der Waals surface area contributed by atoms with Gasteiger partial charge >= 0.3 is 5.97 Å². The molecule has 4 heterocycles. The first-order valence-electron chi connectivity index (χ1n) is 14.3. The van der Waals surface area contributed by atoms with E-state index in [1.165, 1.54) is 24.4 Å². The van der Waals surface area contributed by atoms with Gasteiger partial charge in [-0.15, -0.1) is 0 Å². The molecule has 9 nitrogen and oxygen atoms in total. The molecule has 1 fully saturated rings. The fourth-order valence-electron chi connectivity index (χ4n) is 5.03. The van der Waals surface area contributed by atoms with Crippen molar-refractivity contribution >= 4 is 17.0 Å². The minimum atomic E-state index is -0.947. The first-order chi connectivity index (χ1) is 22.2. The first-order valence-corrected chi connectivity index (χ1v) is 14.3. The zero-order valence-corrected chi connectivity index (χ0v) is 24.4. The van der Waals surface area contributed by atoms with Crippen molar-refractivity contribution in [2.75, 3.05) is 13.2 Å². The summed E-state index contributed by atoms with van der Waals surface area (Å²) in [6.45, 7) is 2.53. The molecule has 5 aromatic rings. The monoisotopic (exact) mass is 631 g/mol. The number of hydrogen-bond donors (Lipinski definition) is 0. The van der Waals surface area contributed by atoms with Crippen LogP contribution in [0, 0.1) is 34.6 Å². The van der Waals surface area contributed by atoms with E-state index in [0.29, 0.717) is 12.2 Å². The van der Waals surface area contributed by atoms with Crippen molar-refractivity contribution in [3.63, 3.8) is 0 Å². The number of rotatable bonds is 10. The second-order valence-corrected chi connectivity index (χ2v) is 10.5. The fourth-order valence-corrected chi connectivity index (χ4v) is 5.03. The molecule has 0 radical (unpaired) electrons. The number of ether oxygens (including phenoxy) is 3. The summed E-state index contributed by atoms with van der Waals surface area (Å²) in [6.07, 6.45) is 1.74.